The molecule has 1 amide bonds. The van der Waals surface area contributed by atoms with Gasteiger partial charge in [0.15, 0.2) is 15.0 Å². The lowest BCUT2D eigenvalue weighted by atomic mass is 10.1. The molecule has 2 aliphatic rings. The number of amides is 1. The molecule has 1 aliphatic carbocycles. The highest BCUT2D eigenvalue weighted by Gasteiger charge is 2.38. The number of carbonyl (C=O) groups is 1. The van der Waals surface area contributed by atoms with Crippen molar-refractivity contribution >= 4 is 39.1 Å². The molecule has 29 heavy (non-hydrogen) atoms. The molecule has 1 saturated heterocycles. The minimum atomic E-state index is -3.04. The number of rotatable bonds is 6. The Morgan fingerprint density at radius 2 is 1.90 bits per heavy atom. The van der Waals surface area contributed by atoms with Crippen molar-refractivity contribution in [3.8, 4) is 5.69 Å². The smallest absolute Gasteiger partial charge is 0.233 e. The molecule has 0 bridgehead atoms. The Morgan fingerprint density at radius 3 is 2.55 bits per heavy atom. The number of aromatic nitrogens is 2. The summed E-state index contributed by atoms with van der Waals surface area (Å²) in [6.45, 7) is 0. The Labute approximate surface area is 180 Å². The third-order valence-corrected chi connectivity index (χ3v) is 8.60. The number of imidazole rings is 1. The van der Waals surface area contributed by atoms with E-state index in [9.17, 15) is 13.2 Å². The SMILES string of the molecule is O=C(CSc1nccn1-c1ccc(Cl)cc1)N(C1CCCC1)C1CCS(=O)(=O)C1. The lowest BCUT2D eigenvalue weighted by Crippen LogP contribution is -2.47. The van der Waals surface area contributed by atoms with E-state index in [4.69, 9.17) is 11.6 Å². The molecule has 2 fully saturated rings. The van der Waals surface area contributed by atoms with Crippen LogP contribution in [0.2, 0.25) is 5.02 Å². The molecular weight excluding hydrogens is 430 g/mol. The van der Waals surface area contributed by atoms with Crippen molar-refractivity contribution in [2.75, 3.05) is 17.3 Å². The Bertz CT molecular complexity index is 969. The predicted molar refractivity (Wildman–Crippen MR) is 115 cm³/mol. The summed E-state index contributed by atoms with van der Waals surface area (Å²) in [5.74, 6) is 0.536. The van der Waals surface area contributed by atoms with Crippen molar-refractivity contribution in [1.29, 1.82) is 0 Å². The minimum Gasteiger partial charge on any atom is -0.335 e. The van der Waals surface area contributed by atoms with Gasteiger partial charge in [0.05, 0.1) is 17.3 Å². The first kappa shape index (κ1) is 20.8. The van der Waals surface area contributed by atoms with Gasteiger partial charge in [0.1, 0.15) is 0 Å². The summed E-state index contributed by atoms with van der Waals surface area (Å²) in [7, 11) is -3.04. The summed E-state index contributed by atoms with van der Waals surface area (Å²) in [5.41, 5.74) is 0.927. The van der Waals surface area contributed by atoms with Crippen LogP contribution in [0, 0.1) is 0 Å². The second kappa shape index (κ2) is 8.70. The van der Waals surface area contributed by atoms with Crippen LogP contribution in [0.4, 0.5) is 0 Å². The van der Waals surface area contributed by atoms with E-state index in [2.05, 4.69) is 4.98 Å². The summed E-state index contributed by atoms with van der Waals surface area (Å²) in [6.07, 6.45) is 8.24. The highest BCUT2D eigenvalue weighted by molar-refractivity contribution is 7.99. The summed E-state index contributed by atoms with van der Waals surface area (Å²) in [4.78, 5) is 19.5. The van der Waals surface area contributed by atoms with Crippen LogP contribution in [0.5, 0.6) is 0 Å². The van der Waals surface area contributed by atoms with Crippen molar-refractivity contribution in [3.63, 3.8) is 0 Å². The molecule has 2 aromatic rings. The molecule has 1 aromatic carbocycles. The van der Waals surface area contributed by atoms with Crippen LogP contribution in [0.1, 0.15) is 32.1 Å². The first-order chi connectivity index (χ1) is 13.9. The predicted octanol–water partition coefficient (Wildman–Crippen LogP) is 3.58. The standard InChI is InChI=1S/C20H24ClN3O3S2/c21-15-5-7-16(8-6-15)23-11-10-22-20(23)28-13-19(25)24(17-3-1-2-4-17)18-9-12-29(26,27)14-18/h5-8,10-11,17-18H,1-4,9,12-14H2. The normalized spacial score (nSPS) is 21.5. The van der Waals surface area contributed by atoms with Gasteiger partial charge in [-0.25, -0.2) is 13.4 Å². The summed E-state index contributed by atoms with van der Waals surface area (Å²) < 4.78 is 25.9. The van der Waals surface area contributed by atoms with Gasteiger partial charge in [-0.05, 0) is 43.5 Å². The largest absolute Gasteiger partial charge is 0.335 e. The molecule has 0 radical (unpaired) electrons. The van der Waals surface area contributed by atoms with Gasteiger partial charge in [-0.2, -0.15) is 0 Å². The maximum Gasteiger partial charge on any atom is 0.233 e. The van der Waals surface area contributed by atoms with E-state index in [1.807, 2.05) is 39.9 Å². The maximum absolute atomic E-state index is 13.2. The fraction of sp³-hybridized carbons (Fsp3) is 0.500. The fourth-order valence-corrected chi connectivity index (χ4v) is 6.96. The van der Waals surface area contributed by atoms with Crippen molar-refractivity contribution in [2.24, 2.45) is 0 Å². The van der Waals surface area contributed by atoms with Crippen LogP contribution in [0.3, 0.4) is 0 Å². The number of hydrogen-bond acceptors (Lipinski definition) is 5. The number of carbonyl (C=O) groups excluding carboxylic acids is 1. The van der Waals surface area contributed by atoms with Gasteiger partial charge < -0.3 is 4.90 Å². The Morgan fingerprint density at radius 1 is 1.17 bits per heavy atom. The van der Waals surface area contributed by atoms with Crippen LogP contribution in [0.25, 0.3) is 5.69 Å². The zero-order valence-electron chi connectivity index (χ0n) is 16.0. The highest BCUT2D eigenvalue weighted by atomic mass is 35.5. The average molecular weight is 454 g/mol. The Hall–Kier alpha value is -1.51. The van der Waals surface area contributed by atoms with E-state index in [0.717, 1.165) is 36.5 Å². The molecule has 1 atom stereocenters. The van der Waals surface area contributed by atoms with Crippen LogP contribution >= 0.6 is 23.4 Å². The van der Waals surface area contributed by atoms with Crippen LogP contribution < -0.4 is 0 Å². The van der Waals surface area contributed by atoms with Crippen LogP contribution in [-0.4, -0.2) is 58.1 Å². The van der Waals surface area contributed by atoms with Gasteiger partial charge in [-0.3, -0.25) is 9.36 Å². The van der Waals surface area contributed by atoms with Crippen LogP contribution in [-0.2, 0) is 14.6 Å². The van der Waals surface area contributed by atoms with Crippen LogP contribution in [0.15, 0.2) is 41.8 Å². The van der Waals surface area contributed by atoms with E-state index in [1.165, 1.54) is 11.8 Å². The van der Waals surface area contributed by atoms with Crippen molar-refractivity contribution in [2.45, 2.75) is 49.3 Å². The quantitative estimate of drug-likeness (QED) is 0.625. The molecule has 1 saturated carbocycles. The summed E-state index contributed by atoms with van der Waals surface area (Å²) in [5, 5.41) is 1.39. The zero-order chi connectivity index (χ0) is 20.4. The molecule has 9 heteroatoms. The topological polar surface area (TPSA) is 72.3 Å². The molecule has 1 unspecified atom stereocenters. The van der Waals surface area contributed by atoms with Gasteiger partial charge in [0.25, 0.3) is 0 Å². The summed E-state index contributed by atoms with van der Waals surface area (Å²) in [6, 6.07) is 7.43. The number of sulfone groups is 1. The lowest BCUT2D eigenvalue weighted by Gasteiger charge is -2.34. The van der Waals surface area contributed by atoms with E-state index in [1.54, 1.807) is 6.20 Å². The average Bonchev–Trinajstić information content (AvgIpc) is 3.43. The number of halogens is 1. The van der Waals surface area contributed by atoms with Gasteiger partial charge in [-0.1, -0.05) is 36.2 Å². The third kappa shape index (κ3) is 4.81. The van der Waals surface area contributed by atoms with E-state index < -0.39 is 9.84 Å². The molecule has 0 spiro atoms. The molecular formula is C20H24ClN3O3S2. The van der Waals surface area contributed by atoms with E-state index in [-0.39, 0.29) is 35.2 Å². The monoisotopic (exact) mass is 453 g/mol. The second-order valence-corrected chi connectivity index (χ2v) is 11.2. The first-order valence-electron chi connectivity index (χ1n) is 9.87. The highest BCUT2D eigenvalue weighted by Crippen LogP contribution is 2.30. The molecule has 1 aliphatic heterocycles. The number of benzene rings is 1. The van der Waals surface area contributed by atoms with Crippen molar-refractivity contribution in [1.82, 2.24) is 14.5 Å². The number of hydrogen-bond donors (Lipinski definition) is 0. The number of thioether (sulfide) groups is 1. The van der Waals surface area contributed by atoms with Gasteiger partial charge in [0, 0.05) is 35.2 Å². The zero-order valence-corrected chi connectivity index (χ0v) is 18.4. The first-order valence-corrected chi connectivity index (χ1v) is 13.0. The van der Waals surface area contributed by atoms with Crippen molar-refractivity contribution in [3.05, 3.63) is 41.7 Å². The number of nitrogens with zero attached hydrogens (tertiary/aromatic N) is 3. The van der Waals surface area contributed by atoms with Crippen molar-refractivity contribution < 1.29 is 13.2 Å². The third-order valence-electron chi connectivity index (χ3n) is 5.64. The maximum atomic E-state index is 13.2. The summed E-state index contributed by atoms with van der Waals surface area (Å²) >= 11 is 7.36. The molecule has 0 N–H and O–H groups in total. The molecule has 4 rings (SSSR count). The molecule has 1 aromatic heterocycles. The van der Waals surface area contributed by atoms with Gasteiger partial charge in [0.2, 0.25) is 5.91 Å². The molecule has 2 heterocycles. The fourth-order valence-electron chi connectivity index (χ4n) is 4.28. The second-order valence-electron chi connectivity index (χ2n) is 7.64. The molecule has 156 valence electrons. The van der Waals surface area contributed by atoms with E-state index >= 15 is 0 Å². The molecule has 6 nitrogen and oxygen atoms in total. The van der Waals surface area contributed by atoms with Gasteiger partial charge >= 0.3 is 0 Å². The Kier molecular flexibility index (Phi) is 6.22. The minimum absolute atomic E-state index is 0.00894. The Balaban J connectivity index is 1.47. The van der Waals surface area contributed by atoms with E-state index in [0.29, 0.717) is 11.4 Å². The lowest BCUT2D eigenvalue weighted by molar-refractivity contribution is -0.132. The van der Waals surface area contributed by atoms with Gasteiger partial charge in [-0.15, -0.1) is 0 Å².